The average molecular weight is 266 g/mol. The zero-order valence-corrected chi connectivity index (χ0v) is 9.20. The molecule has 2 rings (SSSR count). The molecule has 0 atom stereocenters. The van der Waals surface area contributed by atoms with E-state index in [-0.39, 0.29) is 4.21 Å². The van der Waals surface area contributed by atoms with Crippen molar-refractivity contribution in [1.29, 1.82) is 0 Å². The van der Waals surface area contributed by atoms with Gasteiger partial charge in [0.2, 0.25) is 0 Å². The summed E-state index contributed by atoms with van der Waals surface area (Å²) in [6, 6.07) is 3.63. The van der Waals surface area contributed by atoms with Crippen molar-refractivity contribution in [3.05, 3.63) is 17.1 Å². The van der Waals surface area contributed by atoms with Crippen LogP contribution in [0.15, 0.2) is 21.3 Å². The van der Waals surface area contributed by atoms with E-state index in [0.717, 1.165) is 8.96 Å². The summed E-state index contributed by atoms with van der Waals surface area (Å²) in [6.45, 7) is 0. The second kappa shape index (κ2) is 2.68. The van der Waals surface area contributed by atoms with E-state index >= 15 is 0 Å². The molecule has 12 heavy (non-hydrogen) atoms. The molecule has 0 saturated carbocycles. The molecule has 0 aromatic carbocycles. The Bertz CT molecular complexity index is 482. The molecule has 2 aromatic heterocycles. The summed E-state index contributed by atoms with van der Waals surface area (Å²) in [6.07, 6.45) is 0. The van der Waals surface area contributed by atoms with E-state index in [9.17, 15) is 8.42 Å². The van der Waals surface area contributed by atoms with E-state index in [1.54, 1.807) is 6.07 Å². The fourth-order valence-electron chi connectivity index (χ4n) is 0.884. The zero-order valence-electron chi connectivity index (χ0n) is 5.85. The Balaban J connectivity index is 2.75. The fourth-order valence-corrected chi connectivity index (χ4v) is 5.14. The van der Waals surface area contributed by atoms with Crippen molar-refractivity contribution in [3.63, 3.8) is 0 Å². The monoisotopic (exact) mass is 267 g/mol. The standard InChI is InChI=1S/C6H5NO2S2Se/c7-11(8,9)6-3-5-4(10-6)1-2-12-5/h1-3H,(H2,7,8,9). The summed E-state index contributed by atoms with van der Waals surface area (Å²) < 4.78 is 24.3. The number of primary sulfonamides is 1. The van der Waals surface area contributed by atoms with Gasteiger partial charge in [0.15, 0.2) is 0 Å². The van der Waals surface area contributed by atoms with Crippen LogP contribution in [0.25, 0.3) is 8.96 Å². The van der Waals surface area contributed by atoms with Gasteiger partial charge in [-0.25, -0.2) is 0 Å². The van der Waals surface area contributed by atoms with Crippen molar-refractivity contribution in [3.8, 4) is 0 Å². The summed E-state index contributed by atoms with van der Waals surface area (Å²) >= 11 is 1.55. The van der Waals surface area contributed by atoms with Crippen LogP contribution < -0.4 is 5.14 Å². The first-order chi connectivity index (χ1) is 5.57. The number of fused-ring (bicyclic) bond motifs is 1. The Hall–Kier alpha value is -0.131. The predicted octanol–water partition coefficient (Wildman–Crippen LogP) is 0.606. The Kier molecular flexibility index (Phi) is 1.89. The number of rotatable bonds is 1. The third-order valence-electron chi connectivity index (χ3n) is 1.40. The second-order valence-corrected chi connectivity index (χ2v) is 7.12. The molecule has 0 saturated heterocycles. The van der Waals surface area contributed by atoms with Crippen LogP contribution in [0.5, 0.6) is 0 Å². The molecule has 0 radical (unpaired) electrons. The quantitative estimate of drug-likeness (QED) is 0.769. The van der Waals surface area contributed by atoms with Crippen LogP contribution in [-0.4, -0.2) is 22.9 Å². The van der Waals surface area contributed by atoms with Crippen LogP contribution in [-0.2, 0) is 10.0 Å². The van der Waals surface area contributed by atoms with Gasteiger partial charge in [0.05, 0.1) is 0 Å². The Morgan fingerprint density at radius 2 is 2.25 bits per heavy atom. The predicted molar refractivity (Wildman–Crippen MR) is 50.1 cm³/mol. The van der Waals surface area contributed by atoms with Gasteiger partial charge in [-0.05, 0) is 0 Å². The normalized spacial score (nSPS) is 12.4. The van der Waals surface area contributed by atoms with Crippen molar-refractivity contribution in [1.82, 2.24) is 0 Å². The number of hydrogen-bond donors (Lipinski definition) is 1. The molecule has 0 amide bonds. The van der Waals surface area contributed by atoms with Gasteiger partial charge in [0.1, 0.15) is 0 Å². The average Bonchev–Trinajstić information content (AvgIpc) is 2.37. The summed E-state index contributed by atoms with van der Waals surface area (Å²) in [5.74, 6) is 0. The maximum atomic E-state index is 10.9. The van der Waals surface area contributed by atoms with E-state index in [4.69, 9.17) is 5.14 Å². The minimum absolute atomic E-state index is 0.277. The minimum atomic E-state index is -3.49. The van der Waals surface area contributed by atoms with Crippen molar-refractivity contribution in [2.24, 2.45) is 5.14 Å². The van der Waals surface area contributed by atoms with Gasteiger partial charge in [-0.2, -0.15) is 0 Å². The molecule has 0 aliphatic carbocycles. The number of sulfonamides is 1. The van der Waals surface area contributed by atoms with E-state index in [2.05, 4.69) is 4.94 Å². The molecule has 64 valence electrons. The summed E-state index contributed by atoms with van der Waals surface area (Å²) in [4.78, 5) is 2.07. The Labute approximate surface area is 79.6 Å². The van der Waals surface area contributed by atoms with Crippen LogP contribution in [0.4, 0.5) is 0 Å². The van der Waals surface area contributed by atoms with E-state index < -0.39 is 10.0 Å². The van der Waals surface area contributed by atoms with Gasteiger partial charge in [-0.3, -0.25) is 0 Å². The van der Waals surface area contributed by atoms with Crippen molar-refractivity contribution in [2.45, 2.75) is 4.21 Å². The molecule has 3 nitrogen and oxygen atoms in total. The van der Waals surface area contributed by atoms with Crippen LogP contribution in [0.3, 0.4) is 0 Å². The van der Waals surface area contributed by atoms with Crippen LogP contribution in [0, 0.1) is 0 Å². The first-order valence-electron chi connectivity index (χ1n) is 3.07. The Morgan fingerprint density at radius 3 is 2.83 bits per heavy atom. The van der Waals surface area contributed by atoms with Gasteiger partial charge < -0.3 is 0 Å². The molecule has 0 aliphatic rings. The summed E-state index contributed by atoms with van der Waals surface area (Å²) in [5, 5.41) is 4.98. The van der Waals surface area contributed by atoms with E-state index in [1.165, 1.54) is 11.3 Å². The van der Waals surface area contributed by atoms with Gasteiger partial charge >= 0.3 is 79.7 Å². The molecule has 0 unspecified atom stereocenters. The molecule has 0 fully saturated rings. The maximum absolute atomic E-state index is 10.9. The SMILES string of the molecule is NS(=O)(=O)c1cc2[se]ccc2s1. The first kappa shape index (κ1) is 8.47. The third kappa shape index (κ3) is 1.36. The topological polar surface area (TPSA) is 60.2 Å². The zero-order chi connectivity index (χ0) is 8.77. The molecule has 0 aliphatic heterocycles. The van der Waals surface area contributed by atoms with Gasteiger partial charge in [0.25, 0.3) is 0 Å². The van der Waals surface area contributed by atoms with E-state index in [0.29, 0.717) is 14.5 Å². The third-order valence-corrected chi connectivity index (χ3v) is 6.02. The number of thiophene rings is 1. The van der Waals surface area contributed by atoms with Crippen LogP contribution in [0.2, 0.25) is 0 Å². The van der Waals surface area contributed by atoms with Crippen molar-refractivity contribution in [2.75, 3.05) is 0 Å². The molecule has 2 aromatic rings. The summed E-state index contributed by atoms with van der Waals surface area (Å²) in [5.41, 5.74) is 0. The van der Waals surface area contributed by atoms with Crippen molar-refractivity contribution >= 4 is 44.8 Å². The van der Waals surface area contributed by atoms with Crippen LogP contribution >= 0.6 is 11.3 Å². The molecule has 0 spiro atoms. The van der Waals surface area contributed by atoms with Crippen molar-refractivity contribution < 1.29 is 8.42 Å². The molecule has 6 heteroatoms. The molecular formula is C6H5NO2S2Se. The summed E-state index contributed by atoms with van der Waals surface area (Å²) in [7, 11) is -3.49. The number of nitrogens with two attached hydrogens (primary N) is 1. The number of hydrogen-bond acceptors (Lipinski definition) is 3. The van der Waals surface area contributed by atoms with Gasteiger partial charge in [-0.15, -0.1) is 0 Å². The van der Waals surface area contributed by atoms with Crippen LogP contribution in [0.1, 0.15) is 0 Å². The van der Waals surface area contributed by atoms with E-state index in [1.807, 2.05) is 6.07 Å². The van der Waals surface area contributed by atoms with Gasteiger partial charge in [0, 0.05) is 0 Å². The molecule has 2 N–H and O–H groups in total. The Morgan fingerprint density at radius 1 is 1.50 bits per heavy atom. The molecular weight excluding hydrogens is 261 g/mol. The molecule has 0 bridgehead atoms. The second-order valence-electron chi connectivity index (χ2n) is 2.26. The fraction of sp³-hybridized carbons (Fsp3) is 0. The first-order valence-corrected chi connectivity index (χ1v) is 7.28. The van der Waals surface area contributed by atoms with Gasteiger partial charge in [-0.1, -0.05) is 0 Å². The molecule has 2 heterocycles.